The van der Waals surface area contributed by atoms with Crippen molar-refractivity contribution in [3.05, 3.63) is 12.2 Å². The Labute approximate surface area is 79.6 Å². The highest BCUT2D eigenvalue weighted by atomic mass is 19.3. The molecule has 0 aromatic rings. The van der Waals surface area contributed by atoms with Gasteiger partial charge in [0.05, 0.1) is 0 Å². The normalized spacial score (nSPS) is 57.1. The van der Waals surface area contributed by atoms with Crippen LogP contribution in [0.15, 0.2) is 12.2 Å². The third-order valence-corrected chi connectivity index (χ3v) is 4.21. The zero-order valence-electron chi connectivity index (χ0n) is 7.46. The first-order chi connectivity index (χ1) is 6.52. The van der Waals surface area contributed by atoms with E-state index < -0.39 is 30.0 Å². The number of hydrogen-bond donors (Lipinski definition) is 1. The number of halogens is 3. The van der Waals surface area contributed by atoms with Crippen molar-refractivity contribution in [2.45, 2.75) is 17.9 Å². The van der Waals surface area contributed by atoms with Gasteiger partial charge in [0, 0.05) is 11.8 Å². The molecule has 3 aliphatic carbocycles. The summed E-state index contributed by atoms with van der Waals surface area (Å²) in [7, 11) is 0. The van der Waals surface area contributed by atoms with Gasteiger partial charge in [0.1, 0.15) is 6.67 Å². The Balaban J connectivity index is 2.02. The summed E-state index contributed by atoms with van der Waals surface area (Å²) < 4.78 is 39.5. The Morgan fingerprint density at radius 1 is 1.21 bits per heavy atom. The van der Waals surface area contributed by atoms with E-state index in [1.54, 1.807) is 6.08 Å². The van der Waals surface area contributed by atoms with Gasteiger partial charge in [0.25, 0.3) is 5.92 Å². The molecular formula is C10H11F3O. The van der Waals surface area contributed by atoms with Gasteiger partial charge in [-0.3, -0.25) is 0 Å². The lowest BCUT2D eigenvalue weighted by Gasteiger charge is -2.57. The molecule has 2 saturated carbocycles. The van der Waals surface area contributed by atoms with Crippen LogP contribution in [0.2, 0.25) is 0 Å². The molecule has 1 nitrogen and oxygen atoms in total. The minimum Gasteiger partial charge on any atom is -0.381 e. The molecule has 0 radical (unpaired) electrons. The number of hydrogen-bond acceptors (Lipinski definition) is 1. The first-order valence-corrected chi connectivity index (χ1v) is 4.87. The highest BCUT2D eigenvalue weighted by molar-refractivity contribution is 5.29. The Kier molecular flexibility index (Phi) is 1.37. The van der Waals surface area contributed by atoms with Crippen LogP contribution in [0.5, 0.6) is 0 Å². The van der Waals surface area contributed by atoms with Gasteiger partial charge >= 0.3 is 0 Å². The minimum absolute atomic E-state index is 0.0367. The summed E-state index contributed by atoms with van der Waals surface area (Å²) in [6.07, 6.45) is 4.30. The van der Waals surface area contributed by atoms with Gasteiger partial charge in [-0.15, -0.1) is 0 Å². The molecule has 4 heteroatoms. The molecule has 0 spiro atoms. The number of rotatable bonds is 1. The lowest BCUT2D eigenvalue weighted by Crippen LogP contribution is -2.73. The van der Waals surface area contributed by atoms with Crippen molar-refractivity contribution >= 4 is 0 Å². The quantitative estimate of drug-likeness (QED) is 0.645. The number of alkyl halides is 3. The highest BCUT2D eigenvalue weighted by Crippen LogP contribution is 2.69. The second-order valence-corrected chi connectivity index (χ2v) is 4.68. The van der Waals surface area contributed by atoms with E-state index in [1.807, 2.05) is 6.08 Å². The van der Waals surface area contributed by atoms with E-state index in [4.69, 9.17) is 0 Å². The van der Waals surface area contributed by atoms with Gasteiger partial charge in [0.15, 0.2) is 5.60 Å². The largest absolute Gasteiger partial charge is 0.381 e. The lowest BCUT2D eigenvalue weighted by molar-refractivity contribution is -0.335. The molecule has 0 saturated heterocycles. The van der Waals surface area contributed by atoms with Crippen molar-refractivity contribution in [3.8, 4) is 0 Å². The molecule has 3 rings (SSSR count). The van der Waals surface area contributed by atoms with Gasteiger partial charge in [-0.2, -0.15) is 0 Å². The Hall–Kier alpha value is -0.510. The average molecular weight is 204 g/mol. The van der Waals surface area contributed by atoms with Crippen molar-refractivity contribution in [1.82, 2.24) is 0 Å². The van der Waals surface area contributed by atoms with E-state index in [0.29, 0.717) is 6.42 Å². The third kappa shape index (κ3) is 0.639. The van der Waals surface area contributed by atoms with Crippen LogP contribution < -0.4 is 0 Å². The monoisotopic (exact) mass is 204 g/mol. The molecule has 0 amide bonds. The fraction of sp³-hybridized carbons (Fsp3) is 0.800. The number of fused-ring (bicyclic) bond motifs is 5. The summed E-state index contributed by atoms with van der Waals surface area (Å²) in [6, 6.07) is 0. The standard InChI is InChI=1S/C10H11F3O/c11-4-9(14)7-5-1-2-6(3-5)8(7)10(9,12)13/h1-2,5-8,14H,3-4H2. The summed E-state index contributed by atoms with van der Waals surface area (Å²) in [5.41, 5.74) is -2.39. The molecule has 3 aliphatic rings. The SMILES string of the molecule is OC1(CF)C2C3C=CC(C3)C2C1(F)F. The molecule has 14 heavy (non-hydrogen) atoms. The van der Waals surface area contributed by atoms with Crippen molar-refractivity contribution in [2.24, 2.45) is 23.7 Å². The molecule has 0 heterocycles. The lowest BCUT2D eigenvalue weighted by atomic mass is 9.54. The first-order valence-electron chi connectivity index (χ1n) is 4.87. The third-order valence-electron chi connectivity index (χ3n) is 4.21. The van der Waals surface area contributed by atoms with Gasteiger partial charge in [0.2, 0.25) is 0 Å². The van der Waals surface area contributed by atoms with Crippen LogP contribution in [0.1, 0.15) is 6.42 Å². The van der Waals surface area contributed by atoms with E-state index in [-0.39, 0.29) is 11.8 Å². The zero-order chi connectivity index (χ0) is 10.1. The van der Waals surface area contributed by atoms with E-state index in [2.05, 4.69) is 0 Å². The van der Waals surface area contributed by atoms with E-state index >= 15 is 0 Å². The minimum atomic E-state index is -3.24. The fourth-order valence-corrected chi connectivity index (χ4v) is 3.56. The van der Waals surface area contributed by atoms with Crippen LogP contribution in [0.25, 0.3) is 0 Å². The molecule has 1 N–H and O–H groups in total. The topological polar surface area (TPSA) is 20.2 Å². The second-order valence-electron chi connectivity index (χ2n) is 4.68. The van der Waals surface area contributed by atoms with Crippen LogP contribution >= 0.6 is 0 Å². The predicted octanol–water partition coefficient (Wildman–Crippen LogP) is 1.77. The molecule has 0 aromatic heterocycles. The van der Waals surface area contributed by atoms with Crippen molar-refractivity contribution in [2.75, 3.05) is 6.67 Å². The maximum absolute atomic E-state index is 13.5. The molecule has 5 atom stereocenters. The van der Waals surface area contributed by atoms with E-state index in [0.717, 1.165) is 0 Å². The number of aliphatic hydroxyl groups is 1. The molecule has 5 unspecified atom stereocenters. The molecule has 2 fully saturated rings. The smallest absolute Gasteiger partial charge is 0.282 e. The maximum Gasteiger partial charge on any atom is 0.282 e. The van der Waals surface area contributed by atoms with Gasteiger partial charge in [-0.25, -0.2) is 13.2 Å². The summed E-state index contributed by atoms with van der Waals surface area (Å²) >= 11 is 0. The van der Waals surface area contributed by atoms with Gasteiger partial charge in [-0.1, -0.05) is 12.2 Å². The van der Waals surface area contributed by atoms with Crippen LogP contribution in [0.3, 0.4) is 0 Å². The van der Waals surface area contributed by atoms with Crippen LogP contribution in [-0.2, 0) is 0 Å². The van der Waals surface area contributed by atoms with Gasteiger partial charge < -0.3 is 5.11 Å². The molecule has 2 bridgehead atoms. The molecular weight excluding hydrogens is 193 g/mol. The van der Waals surface area contributed by atoms with Crippen LogP contribution in [0.4, 0.5) is 13.2 Å². The Morgan fingerprint density at radius 2 is 1.79 bits per heavy atom. The van der Waals surface area contributed by atoms with E-state index in [1.165, 1.54) is 0 Å². The van der Waals surface area contributed by atoms with Crippen LogP contribution in [-0.4, -0.2) is 23.3 Å². The van der Waals surface area contributed by atoms with Crippen molar-refractivity contribution < 1.29 is 18.3 Å². The summed E-state index contributed by atoms with van der Waals surface area (Å²) in [5.74, 6) is -4.80. The maximum atomic E-state index is 13.5. The van der Waals surface area contributed by atoms with Crippen LogP contribution in [0, 0.1) is 23.7 Å². The summed E-state index contributed by atoms with van der Waals surface area (Å²) in [5, 5.41) is 9.58. The molecule has 0 aliphatic heterocycles. The summed E-state index contributed by atoms with van der Waals surface area (Å²) in [6.45, 7) is -1.34. The van der Waals surface area contributed by atoms with Crippen molar-refractivity contribution in [3.63, 3.8) is 0 Å². The van der Waals surface area contributed by atoms with E-state index in [9.17, 15) is 18.3 Å². The zero-order valence-corrected chi connectivity index (χ0v) is 7.46. The average Bonchev–Trinajstić information content (AvgIpc) is 2.74. The number of allylic oxidation sites excluding steroid dienone is 2. The fourth-order valence-electron chi connectivity index (χ4n) is 3.56. The summed E-state index contributed by atoms with van der Waals surface area (Å²) in [4.78, 5) is 0. The second kappa shape index (κ2) is 2.18. The van der Waals surface area contributed by atoms with Gasteiger partial charge in [-0.05, 0) is 18.3 Å². The molecule has 0 aromatic carbocycles. The highest BCUT2D eigenvalue weighted by Gasteiger charge is 2.80. The predicted molar refractivity (Wildman–Crippen MR) is 43.6 cm³/mol. The first kappa shape index (κ1) is 8.77. The molecule has 78 valence electrons. The van der Waals surface area contributed by atoms with Crippen molar-refractivity contribution in [1.29, 1.82) is 0 Å². The Morgan fingerprint density at radius 3 is 2.36 bits per heavy atom. The Bertz CT molecular complexity index is 314.